The predicted molar refractivity (Wildman–Crippen MR) is 100 cm³/mol. The third-order valence-electron chi connectivity index (χ3n) is 4.16. The van der Waals surface area contributed by atoms with Gasteiger partial charge in [0, 0.05) is 23.5 Å². The number of hydrogen-bond acceptors (Lipinski definition) is 4. The molecule has 26 heavy (non-hydrogen) atoms. The zero-order valence-corrected chi connectivity index (χ0v) is 14.7. The lowest BCUT2D eigenvalue weighted by molar-refractivity contribution is 0.0955. The number of fused-ring (bicyclic) bond motifs is 1. The normalized spacial score (nSPS) is 10.5. The van der Waals surface area contributed by atoms with Crippen molar-refractivity contribution in [2.24, 2.45) is 0 Å². The molecule has 0 spiro atoms. The first-order valence-corrected chi connectivity index (χ1v) is 8.23. The van der Waals surface area contributed by atoms with Gasteiger partial charge in [0.05, 0.1) is 19.8 Å². The lowest BCUT2D eigenvalue weighted by Gasteiger charge is -2.11. The summed E-state index contributed by atoms with van der Waals surface area (Å²) < 4.78 is 10.6. The van der Waals surface area contributed by atoms with Crippen LogP contribution in [0.15, 0.2) is 53.3 Å². The SMILES string of the molecule is COc1ccc(OC)c(CCNC(=O)c2cc(=O)[nH]c3ccccc23)c1. The Balaban J connectivity index is 1.75. The molecule has 0 bridgehead atoms. The summed E-state index contributed by atoms with van der Waals surface area (Å²) >= 11 is 0. The van der Waals surface area contributed by atoms with Crippen LogP contribution in [-0.2, 0) is 6.42 Å². The molecule has 3 rings (SSSR count). The van der Waals surface area contributed by atoms with Crippen molar-refractivity contribution in [1.82, 2.24) is 10.3 Å². The van der Waals surface area contributed by atoms with Crippen LogP contribution < -0.4 is 20.3 Å². The van der Waals surface area contributed by atoms with E-state index in [1.807, 2.05) is 36.4 Å². The Kier molecular flexibility index (Phi) is 5.22. The number of amides is 1. The first-order valence-electron chi connectivity index (χ1n) is 8.23. The summed E-state index contributed by atoms with van der Waals surface area (Å²) in [7, 11) is 3.21. The summed E-state index contributed by atoms with van der Waals surface area (Å²) in [5.41, 5.74) is 1.63. The highest BCUT2D eigenvalue weighted by atomic mass is 16.5. The lowest BCUT2D eigenvalue weighted by atomic mass is 10.1. The van der Waals surface area contributed by atoms with Crippen LogP contribution in [0.3, 0.4) is 0 Å². The van der Waals surface area contributed by atoms with Gasteiger partial charge in [0.25, 0.3) is 5.91 Å². The number of rotatable bonds is 6. The largest absolute Gasteiger partial charge is 0.497 e. The van der Waals surface area contributed by atoms with E-state index in [1.54, 1.807) is 20.3 Å². The van der Waals surface area contributed by atoms with Crippen LogP contribution in [0.1, 0.15) is 15.9 Å². The molecule has 1 amide bonds. The Morgan fingerprint density at radius 3 is 2.65 bits per heavy atom. The van der Waals surface area contributed by atoms with Gasteiger partial charge in [0.2, 0.25) is 5.56 Å². The van der Waals surface area contributed by atoms with Gasteiger partial charge in [-0.3, -0.25) is 9.59 Å². The monoisotopic (exact) mass is 352 g/mol. The van der Waals surface area contributed by atoms with Gasteiger partial charge < -0.3 is 19.8 Å². The van der Waals surface area contributed by atoms with Crippen molar-refractivity contribution in [3.05, 3.63) is 70.0 Å². The molecule has 0 unspecified atom stereocenters. The molecule has 0 fully saturated rings. The Morgan fingerprint density at radius 2 is 1.88 bits per heavy atom. The van der Waals surface area contributed by atoms with Crippen molar-refractivity contribution in [1.29, 1.82) is 0 Å². The maximum atomic E-state index is 12.6. The average Bonchev–Trinajstić information content (AvgIpc) is 2.67. The van der Waals surface area contributed by atoms with Crippen LogP contribution in [0.25, 0.3) is 10.9 Å². The van der Waals surface area contributed by atoms with Crippen molar-refractivity contribution < 1.29 is 14.3 Å². The smallest absolute Gasteiger partial charge is 0.252 e. The molecule has 6 nitrogen and oxygen atoms in total. The fourth-order valence-electron chi connectivity index (χ4n) is 2.88. The number of carbonyl (C=O) groups is 1. The number of benzene rings is 2. The molecule has 0 radical (unpaired) electrons. The maximum Gasteiger partial charge on any atom is 0.252 e. The van der Waals surface area contributed by atoms with Gasteiger partial charge in [-0.1, -0.05) is 18.2 Å². The summed E-state index contributed by atoms with van der Waals surface area (Å²) in [6, 6.07) is 14.1. The third-order valence-corrected chi connectivity index (χ3v) is 4.16. The highest BCUT2D eigenvalue weighted by Crippen LogP contribution is 2.24. The van der Waals surface area contributed by atoms with E-state index in [0.29, 0.717) is 29.4 Å². The van der Waals surface area contributed by atoms with E-state index in [9.17, 15) is 9.59 Å². The summed E-state index contributed by atoms with van der Waals surface area (Å²) in [5, 5.41) is 3.58. The molecule has 0 aliphatic rings. The minimum absolute atomic E-state index is 0.283. The summed E-state index contributed by atoms with van der Waals surface area (Å²) in [4.78, 5) is 27.1. The van der Waals surface area contributed by atoms with Crippen LogP contribution in [0, 0.1) is 0 Å². The maximum absolute atomic E-state index is 12.6. The topological polar surface area (TPSA) is 80.4 Å². The van der Waals surface area contributed by atoms with Crippen molar-refractivity contribution in [2.45, 2.75) is 6.42 Å². The minimum atomic E-state index is -0.302. The zero-order valence-electron chi connectivity index (χ0n) is 14.7. The van der Waals surface area contributed by atoms with Gasteiger partial charge in [0.1, 0.15) is 11.5 Å². The Labute approximate surface area is 150 Å². The van der Waals surface area contributed by atoms with Crippen LogP contribution in [0.5, 0.6) is 11.5 Å². The molecule has 0 atom stereocenters. The summed E-state index contributed by atoms with van der Waals surface area (Å²) in [5.74, 6) is 1.18. The second kappa shape index (κ2) is 7.74. The molecule has 0 aliphatic carbocycles. The molecule has 1 heterocycles. The van der Waals surface area contributed by atoms with Crippen LogP contribution in [-0.4, -0.2) is 31.7 Å². The number of H-pyrrole nitrogens is 1. The molecular weight excluding hydrogens is 332 g/mol. The molecule has 1 aromatic heterocycles. The van der Waals surface area contributed by atoms with Crippen LogP contribution >= 0.6 is 0 Å². The van der Waals surface area contributed by atoms with Gasteiger partial charge in [0.15, 0.2) is 0 Å². The predicted octanol–water partition coefficient (Wildman–Crippen LogP) is 2.52. The van der Waals surface area contributed by atoms with E-state index >= 15 is 0 Å². The van der Waals surface area contributed by atoms with Crippen LogP contribution in [0.4, 0.5) is 0 Å². The number of nitrogens with one attached hydrogen (secondary N) is 2. The molecular formula is C20H20N2O4. The number of ether oxygens (including phenoxy) is 2. The number of aromatic nitrogens is 1. The third kappa shape index (κ3) is 3.69. The average molecular weight is 352 g/mol. The number of pyridine rings is 1. The summed E-state index contributed by atoms with van der Waals surface area (Å²) in [6.45, 7) is 0.406. The first kappa shape index (κ1) is 17.5. The molecule has 0 aliphatic heterocycles. The van der Waals surface area contributed by atoms with Gasteiger partial charge >= 0.3 is 0 Å². The number of para-hydroxylation sites is 1. The summed E-state index contributed by atoms with van der Waals surface area (Å²) in [6.07, 6.45) is 0.577. The number of carbonyl (C=O) groups excluding carboxylic acids is 1. The Bertz CT molecular complexity index is 995. The highest BCUT2D eigenvalue weighted by Gasteiger charge is 2.12. The van der Waals surface area contributed by atoms with Gasteiger partial charge in [-0.15, -0.1) is 0 Å². The van der Waals surface area contributed by atoms with Crippen molar-refractivity contribution >= 4 is 16.8 Å². The number of methoxy groups -OCH3 is 2. The van der Waals surface area contributed by atoms with Crippen LogP contribution in [0.2, 0.25) is 0 Å². The molecule has 134 valence electrons. The molecule has 0 saturated heterocycles. The Hall–Kier alpha value is -3.28. The quantitative estimate of drug-likeness (QED) is 0.714. The van der Waals surface area contributed by atoms with E-state index in [4.69, 9.17) is 9.47 Å². The highest BCUT2D eigenvalue weighted by molar-refractivity contribution is 6.05. The molecule has 2 aromatic carbocycles. The molecule has 2 N–H and O–H groups in total. The zero-order chi connectivity index (χ0) is 18.5. The van der Waals surface area contributed by atoms with Crippen molar-refractivity contribution in [3.8, 4) is 11.5 Å². The molecule has 0 saturated carbocycles. The Morgan fingerprint density at radius 1 is 1.08 bits per heavy atom. The molecule has 6 heteroatoms. The van der Waals surface area contributed by atoms with E-state index in [1.165, 1.54) is 6.07 Å². The standard InChI is InChI=1S/C20H20N2O4/c1-25-14-7-8-18(26-2)13(11-14)9-10-21-20(24)16-12-19(23)22-17-6-4-3-5-15(16)17/h3-8,11-12H,9-10H2,1-2H3,(H,21,24)(H,22,23). The second-order valence-corrected chi connectivity index (χ2v) is 5.78. The minimum Gasteiger partial charge on any atom is -0.497 e. The fraction of sp³-hybridized carbons (Fsp3) is 0.200. The van der Waals surface area contributed by atoms with Crippen molar-refractivity contribution in [3.63, 3.8) is 0 Å². The van der Waals surface area contributed by atoms with Gasteiger partial charge in [-0.25, -0.2) is 0 Å². The number of aromatic amines is 1. The van der Waals surface area contributed by atoms with E-state index in [-0.39, 0.29) is 11.5 Å². The second-order valence-electron chi connectivity index (χ2n) is 5.78. The van der Waals surface area contributed by atoms with Gasteiger partial charge in [-0.05, 0) is 36.2 Å². The molecule has 3 aromatic rings. The fourth-order valence-corrected chi connectivity index (χ4v) is 2.88. The van der Waals surface area contributed by atoms with E-state index in [2.05, 4.69) is 10.3 Å². The lowest BCUT2D eigenvalue weighted by Crippen LogP contribution is -2.27. The number of hydrogen-bond donors (Lipinski definition) is 2. The van der Waals surface area contributed by atoms with Gasteiger partial charge in [-0.2, -0.15) is 0 Å². The van der Waals surface area contributed by atoms with E-state index < -0.39 is 0 Å². The van der Waals surface area contributed by atoms with E-state index in [0.717, 1.165) is 17.1 Å². The first-order chi connectivity index (χ1) is 12.6. The van der Waals surface area contributed by atoms with Crippen molar-refractivity contribution in [2.75, 3.05) is 20.8 Å².